The number of aromatic nitrogens is 2. The van der Waals surface area contributed by atoms with E-state index in [1.54, 1.807) is 18.2 Å². The van der Waals surface area contributed by atoms with Crippen LogP contribution in [0.15, 0.2) is 24.3 Å². The Morgan fingerprint density at radius 3 is 2.80 bits per heavy atom. The van der Waals surface area contributed by atoms with Crippen LogP contribution in [0.3, 0.4) is 0 Å². The molecule has 106 valence electrons. The number of hydrogen-bond acceptors (Lipinski definition) is 4. The van der Waals surface area contributed by atoms with Crippen molar-refractivity contribution in [1.29, 1.82) is 0 Å². The third-order valence-corrected chi connectivity index (χ3v) is 3.16. The average molecular weight is 315 g/mol. The quantitative estimate of drug-likeness (QED) is 0.607. The minimum Gasteiger partial charge on any atom is -0.449 e. The molecule has 2 rings (SSSR count). The molecular weight excluding hydrogens is 303 g/mol. The molecule has 20 heavy (non-hydrogen) atoms. The van der Waals surface area contributed by atoms with Crippen molar-refractivity contribution in [3.05, 3.63) is 45.6 Å². The number of methoxy groups -OCH3 is 1. The number of nitrogens with zero attached hydrogens (tertiary/aromatic N) is 2. The fourth-order valence-corrected chi connectivity index (χ4v) is 2.10. The second-order valence-electron chi connectivity index (χ2n) is 3.97. The highest BCUT2D eigenvalue weighted by molar-refractivity contribution is 6.35. The zero-order valence-corrected chi connectivity index (χ0v) is 12.2. The lowest BCUT2D eigenvalue weighted by atomic mass is 10.2. The molecule has 1 heterocycles. The molecule has 1 aromatic heterocycles. The van der Waals surface area contributed by atoms with Crippen molar-refractivity contribution in [2.45, 2.75) is 6.54 Å². The van der Waals surface area contributed by atoms with Gasteiger partial charge in [0.2, 0.25) is 5.88 Å². The molecule has 0 radical (unpaired) electrons. The van der Waals surface area contributed by atoms with Gasteiger partial charge in [0.25, 0.3) is 0 Å². The fraction of sp³-hybridized carbons (Fsp3) is 0.231. The van der Waals surface area contributed by atoms with E-state index in [1.165, 1.54) is 17.9 Å². The standard InChI is InChI=1S/C13H12Cl2N2O3/c1-19-8-20-13-5-11(7-18)17(16-13)6-9-2-3-10(14)4-12(9)15/h2-5,7H,6,8H2,1H3. The second-order valence-corrected chi connectivity index (χ2v) is 4.81. The first-order valence-electron chi connectivity index (χ1n) is 5.72. The lowest BCUT2D eigenvalue weighted by molar-refractivity contribution is 0.0473. The third kappa shape index (κ3) is 3.50. The summed E-state index contributed by atoms with van der Waals surface area (Å²) in [6.45, 7) is 0.414. The molecule has 0 atom stereocenters. The SMILES string of the molecule is COCOc1cc(C=O)n(Cc2ccc(Cl)cc2Cl)n1. The molecule has 5 nitrogen and oxygen atoms in total. The molecule has 0 aliphatic heterocycles. The molecule has 0 saturated heterocycles. The Labute approximate surface area is 126 Å². The summed E-state index contributed by atoms with van der Waals surface area (Å²) in [4.78, 5) is 11.0. The summed E-state index contributed by atoms with van der Waals surface area (Å²) >= 11 is 11.9. The number of benzene rings is 1. The van der Waals surface area contributed by atoms with Crippen molar-refractivity contribution in [3.63, 3.8) is 0 Å². The van der Waals surface area contributed by atoms with E-state index < -0.39 is 0 Å². The summed E-state index contributed by atoms with van der Waals surface area (Å²) in [5.41, 5.74) is 1.20. The molecule has 0 aliphatic carbocycles. The van der Waals surface area contributed by atoms with Crippen LogP contribution in [0.5, 0.6) is 5.88 Å². The molecule has 2 aromatic rings. The molecule has 7 heteroatoms. The van der Waals surface area contributed by atoms with Crippen LogP contribution < -0.4 is 4.74 Å². The van der Waals surface area contributed by atoms with Crippen LogP contribution in [0.1, 0.15) is 16.1 Å². The second kappa shape index (κ2) is 6.74. The summed E-state index contributed by atoms with van der Waals surface area (Å²) < 4.78 is 11.5. The molecule has 0 bridgehead atoms. The van der Waals surface area contributed by atoms with Crippen molar-refractivity contribution < 1.29 is 14.3 Å². The van der Waals surface area contributed by atoms with Crippen LogP contribution in [-0.4, -0.2) is 30.0 Å². The Morgan fingerprint density at radius 2 is 2.15 bits per heavy atom. The summed E-state index contributed by atoms with van der Waals surface area (Å²) in [6.07, 6.45) is 0.705. The zero-order chi connectivity index (χ0) is 14.5. The summed E-state index contributed by atoms with van der Waals surface area (Å²) in [5.74, 6) is 0.319. The lowest BCUT2D eigenvalue weighted by Crippen LogP contribution is -2.07. The Hall–Kier alpha value is -1.56. The molecule has 0 unspecified atom stereocenters. The smallest absolute Gasteiger partial charge is 0.235 e. The number of aldehydes is 1. The van der Waals surface area contributed by atoms with E-state index in [4.69, 9.17) is 32.7 Å². The van der Waals surface area contributed by atoms with Gasteiger partial charge in [-0.25, -0.2) is 0 Å². The maximum Gasteiger partial charge on any atom is 0.235 e. The summed E-state index contributed by atoms with van der Waals surface area (Å²) in [5, 5.41) is 5.24. The average Bonchev–Trinajstić information content (AvgIpc) is 2.82. The highest BCUT2D eigenvalue weighted by Crippen LogP contribution is 2.22. The van der Waals surface area contributed by atoms with Gasteiger partial charge in [0.1, 0.15) is 5.69 Å². The van der Waals surface area contributed by atoms with Gasteiger partial charge < -0.3 is 9.47 Å². The number of carbonyl (C=O) groups excluding carboxylic acids is 1. The molecular formula is C13H12Cl2N2O3. The maximum absolute atomic E-state index is 11.0. The van der Waals surface area contributed by atoms with Crippen molar-refractivity contribution in [1.82, 2.24) is 9.78 Å². The first-order valence-corrected chi connectivity index (χ1v) is 6.48. The first-order chi connectivity index (χ1) is 9.63. The minimum absolute atomic E-state index is 0.0665. The molecule has 0 aliphatic rings. The van der Waals surface area contributed by atoms with Gasteiger partial charge in [0, 0.05) is 23.2 Å². The Balaban J connectivity index is 2.23. The molecule has 0 N–H and O–H groups in total. The summed E-state index contributed by atoms with van der Waals surface area (Å²) in [6, 6.07) is 6.70. The van der Waals surface area contributed by atoms with Crippen LogP contribution in [0.4, 0.5) is 0 Å². The topological polar surface area (TPSA) is 53.4 Å². The van der Waals surface area contributed by atoms with Gasteiger partial charge in [-0.1, -0.05) is 29.3 Å². The van der Waals surface area contributed by atoms with Gasteiger partial charge >= 0.3 is 0 Å². The Morgan fingerprint density at radius 1 is 1.35 bits per heavy atom. The highest BCUT2D eigenvalue weighted by atomic mass is 35.5. The monoisotopic (exact) mass is 314 g/mol. The fourth-order valence-electron chi connectivity index (χ4n) is 1.63. The van der Waals surface area contributed by atoms with Crippen molar-refractivity contribution in [2.24, 2.45) is 0 Å². The van der Waals surface area contributed by atoms with Crippen molar-refractivity contribution in [3.8, 4) is 5.88 Å². The minimum atomic E-state index is 0.0665. The van der Waals surface area contributed by atoms with Gasteiger partial charge in [-0.05, 0) is 17.7 Å². The number of rotatable bonds is 6. The van der Waals surface area contributed by atoms with E-state index in [9.17, 15) is 4.79 Å². The van der Waals surface area contributed by atoms with E-state index in [0.717, 1.165) is 5.56 Å². The van der Waals surface area contributed by atoms with Gasteiger partial charge in [0.05, 0.1) is 6.54 Å². The Kier molecular flexibility index (Phi) is 5.00. The normalized spacial score (nSPS) is 10.6. The third-order valence-electron chi connectivity index (χ3n) is 2.57. The van der Waals surface area contributed by atoms with Crippen LogP contribution in [0, 0.1) is 0 Å². The predicted molar refractivity (Wildman–Crippen MR) is 75.7 cm³/mol. The molecule has 0 spiro atoms. The van der Waals surface area contributed by atoms with Crippen LogP contribution in [0.2, 0.25) is 10.0 Å². The van der Waals surface area contributed by atoms with Gasteiger partial charge in [-0.3, -0.25) is 9.48 Å². The number of carbonyl (C=O) groups is 1. The molecule has 0 saturated carbocycles. The Bertz CT molecular complexity index is 614. The molecule has 1 aromatic carbocycles. The van der Waals surface area contributed by atoms with Crippen LogP contribution in [0.25, 0.3) is 0 Å². The van der Waals surface area contributed by atoms with Crippen molar-refractivity contribution in [2.75, 3.05) is 13.9 Å². The van der Waals surface area contributed by atoms with E-state index >= 15 is 0 Å². The summed E-state index contributed by atoms with van der Waals surface area (Å²) in [7, 11) is 1.51. The molecule has 0 fully saturated rings. The van der Waals surface area contributed by atoms with Gasteiger partial charge in [0.15, 0.2) is 13.1 Å². The number of hydrogen-bond donors (Lipinski definition) is 0. The first kappa shape index (κ1) is 14.8. The van der Waals surface area contributed by atoms with E-state index in [-0.39, 0.29) is 6.79 Å². The van der Waals surface area contributed by atoms with E-state index in [2.05, 4.69) is 5.10 Å². The van der Waals surface area contributed by atoms with E-state index in [0.29, 0.717) is 34.5 Å². The molecule has 0 amide bonds. The van der Waals surface area contributed by atoms with Crippen LogP contribution in [-0.2, 0) is 11.3 Å². The maximum atomic E-state index is 11.0. The van der Waals surface area contributed by atoms with Gasteiger partial charge in [-0.15, -0.1) is 5.10 Å². The van der Waals surface area contributed by atoms with Crippen molar-refractivity contribution >= 4 is 29.5 Å². The zero-order valence-electron chi connectivity index (χ0n) is 10.7. The van der Waals surface area contributed by atoms with E-state index in [1.807, 2.05) is 0 Å². The van der Waals surface area contributed by atoms with Crippen LogP contribution >= 0.6 is 23.2 Å². The highest BCUT2D eigenvalue weighted by Gasteiger charge is 2.10. The number of halogens is 2. The number of ether oxygens (including phenoxy) is 2. The largest absolute Gasteiger partial charge is 0.449 e. The lowest BCUT2D eigenvalue weighted by Gasteiger charge is -2.06. The predicted octanol–water partition coefficient (Wildman–Crippen LogP) is 3.03. The van der Waals surface area contributed by atoms with Gasteiger partial charge in [-0.2, -0.15) is 0 Å².